The minimum absolute atomic E-state index is 0.0943. The van der Waals surface area contributed by atoms with Gasteiger partial charge in [-0.3, -0.25) is 9.59 Å². The number of amides is 3. The molecule has 0 aliphatic rings. The van der Waals surface area contributed by atoms with Gasteiger partial charge in [-0.1, -0.05) is 45.1 Å². The fraction of sp³-hybridized carbons (Fsp3) is 0.531. The van der Waals surface area contributed by atoms with Crippen molar-refractivity contribution in [2.45, 2.75) is 97.8 Å². The molecule has 0 spiro atoms. The molecule has 2 unspecified atom stereocenters. The van der Waals surface area contributed by atoms with Crippen molar-refractivity contribution in [1.29, 1.82) is 0 Å². The number of rotatable bonds is 14. The molecule has 226 valence electrons. The Labute approximate surface area is 244 Å². The van der Waals surface area contributed by atoms with E-state index in [1.165, 1.54) is 11.0 Å². The summed E-state index contributed by atoms with van der Waals surface area (Å²) < 4.78 is 10.6. The van der Waals surface area contributed by atoms with Crippen LogP contribution in [0.5, 0.6) is 11.5 Å². The van der Waals surface area contributed by atoms with Crippen molar-refractivity contribution in [2.24, 2.45) is 0 Å². The molecule has 0 saturated heterocycles. The van der Waals surface area contributed by atoms with Gasteiger partial charge in [-0.05, 0) is 88.6 Å². The van der Waals surface area contributed by atoms with E-state index in [2.05, 4.69) is 17.6 Å². The summed E-state index contributed by atoms with van der Waals surface area (Å²) >= 11 is 0. The van der Waals surface area contributed by atoms with Gasteiger partial charge < -0.3 is 30.1 Å². The van der Waals surface area contributed by atoms with Gasteiger partial charge in [0.05, 0.1) is 7.11 Å². The van der Waals surface area contributed by atoms with Gasteiger partial charge in [0, 0.05) is 12.2 Å². The highest BCUT2D eigenvalue weighted by molar-refractivity contribution is 5.99. The molecule has 9 nitrogen and oxygen atoms in total. The predicted octanol–water partition coefficient (Wildman–Crippen LogP) is 6.49. The van der Waals surface area contributed by atoms with Crippen molar-refractivity contribution in [3.8, 4) is 11.5 Å². The Hall–Kier alpha value is -3.75. The lowest BCUT2D eigenvalue weighted by molar-refractivity contribution is -0.140. The summed E-state index contributed by atoms with van der Waals surface area (Å²) in [6, 6.07) is 9.85. The fourth-order valence-electron chi connectivity index (χ4n) is 4.43. The molecule has 0 radical (unpaired) electrons. The Morgan fingerprint density at radius 1 is 0.976 bits per heavy atom. The predicted molar refractivity (Wildman–Crippen MR) is 161 cm³/mol. The van der Waals surface area contributed by atoms with Gasteiger partial charge in [-0.15, -0.1) is 0 Å². The molecule has 0 aromatic heterocycles. The molecular weight excluding hydrogens is 522 g/mol. The molecule has 0 aliphatic carbocycles. The van der Waals surface area contributed by atoms with E-state index in [9.17, 15) is 19.5 Å². The van der Waals surface area contributed by atoms with Crippen LogP contribution in [0, 0.1) is 6.92 Å². The van der Waals surface area contributed by atoms with Crippen LogP contribution < -0.4 is 15.4 Å². The molecular formula is C32H47N3O6. The summed E-state index contributed by atoms with van der Waals surface area (Å²) in [7, 11) is 1.56. The maximum absolute atomic E-state index is 13.9. The van der Waals surface area contributed by atoms with E-state index in [0.717, 1.165) is 32.1 Å². The molecule has 41 heavy (non-hydrogen) atoms. The highest BCUT2D eigenvalue weighted by Gasteiger charge is 2.35. The van der Waals surface area contributed by atoms with Crippen molar-refractivity contribution in [3.05, 3.63) is 53.6 Å². The highest BCUT2D eigenvalue weighted by Crippen LogP contribution is 2.29. The second-order valence-electron chi connectivity index (χ2n) is 11.3. The maximum atomic E-state index is 13.9. The third kappa shape index (κ3) is 11.0. The zero-order valence-corrected chi connectivity index (χ0v) is 25.6. The average molecular weight is 570 g/mol. The van der Waals surface area contributed by atoms with E-state index in [-0.39, 0.29) is 5.75 Å². The Bertz CT molecular complexity index is 1140. The smallest absolute Gasteiger partial charge is 0.408 e. The van der Waals surface area contributed by atoms with Crippen molar-refractivity contribution < 1.29 is 29.0 Å². The standard InChI is InChI=1S/C32H47N3O6/c1-8-9-10-11-12-13-20-35(30(38)23(3)33-31(39)41-32(4,5)6)28(24-14-19-27(36)22(2)21-24)29(37)34-25-15-17-26(40-7)18-16-25/h14-19,21,23,28,36H,8-13,20H2,1-7H3,(H,33,39)(H,34,37). The Morgan fingerprint density at radius 2 is 1.61 bits per heavy atom. The van der Waals surface area contributed by atoms with Crippen LogP contribution in [0.15, 0.2) is 42.5 Å². The molecule has 3 amide bonds. The first-order valence-corrected chi connectivity index (χ1v) is 14.4. The minimum Gasteiger partial charge on any atom is -0.508 e. The van der Waals surface area contributed by atoms with Crippen LogP contribution in [0.4, 0.5) is 10.5 Å². The number of aromatic hydroxyl groups is 1. The number of hydrogen-bond donors (Lipinski definition) is 3. The summed E-state index contributed by atoms with van der Waals surface area (Å²) in [6.07, 6.45) is 5.31. The third-order valence-corrected chi connectivity index (χ3v) is 6.59. The van der Waals surface area contributed by atoms with E-state index in [1.54, 1.807) is 78.1 Å². The summed E-state index contributed by atoms with van der Waals surface area (Å²) in [5.74, 6) is -0.0819. The lowest BCUT2D eigenvalue weighted by Crippen LogP contribution is -2.51. The zero-order chi connectivity index (χ0) is 30.6. The van der Waals surface area contributed by atoms with Gasteiger partial charge in [-0.2, -0.15) is 0 Å². The number of anilines is 1. The summed E-state index contributed by atoms with van der Waals surface area (Å²) in [6.45, 7) is 11.0. The number of hydrogen-bond acceptors (Lipinski definition) is 6. The number of unbranched alkanes of at least 4 members (excludes halogenated alkanes) is 5. The largest absolute Gasteiger partial charge is 0.508 e. The van der Waals surface area contributed by atoms with Gasteiger partial charge in [0.15, 0.2) is 0 Å². The second kappa shape index (κ2) is 15.9. The molecule has 0 saturated carbocycles. The van der Waals surface area contributed by atoms with Crippen molar-refractivity contribution in [1.82, 2.24) is 10.2 Å². The van der Waals surface area contributed by atoms with Crippen LogP contribution in [0.25, 0.3) is 0 Å². The van der Waals surface area contributed by atoms with Crippen LogP contribution in [0.3, 0.4) is 0 Å². The summed E-state index contributed by atoms with van der Waals surface area (Å²) in [5, 5.41) is 15.7. The van der Waals surface area contributed by atoms with Gasteiger partial charge >= 0.3 is 6.09 Å². The number of methoxy groups -OCH3 is 1. The van der Waals surface area contributed by atoms with E-state index in [0.29, 0.717) is 35.5 Å². The normalized spacial score (nSPS) is 12.7. The monoisotopic (exact) mass is 569 g/mol. The first kappa shape index (κ1) is 33.5. The molecule has 2 aromatic rings. The number of aryl methyl sites for hydroxylation is 1. The van der Waals surface area contributed by atoms with Crippen LogP contribution in [-0.4, -0.2) is 53.2 Å². The number of phenolic OH excluding ortho intramolecular Hbond substituents is 1. The van der Waals surface area contributed by atoms with E-state index in [4.69, 9.17) is 9.47 Å². The fourth-order valence-corrected chi connectivity index (χ4v) is 4.43. The number of ether oxygens (including phenoxy) is 2. The summed E-state index contributed by atoms with van der Waals surface area (Å²) in [5.41, 5.74) is 0.949. The van der Waals surface area contributed by atoms with Gasteiger partial charge in [0.2, 0.25) is 5.91 Å². The number of alkyl carbamates (subject to hydrolysis) is 1. The van der Waals surface area contributed by atoms with Crippen molar-refractivity contribution in [3.63, 3.8) is 0 Å². The highest BCUT2D eigenvalue weighted by atomic mass is 16.6. The van der Waals surface area contributed by atoms with Crippen molar-refractivity contribution >= 4 is 23.6 Å². The molecule has 0 aliphatic heterocycles. The number of nitrogens with zero attached hydrogens (tertiary/aromatic N) is 1. The Morgan fingerprint density at radius 3 is 2.20 bits per heavy atom. The first-order valence-electron chi connectivity index (χ1n) is 14.4. The van der Waals surface area contributed by atoms with Crippen LogP contribution >= 0.6 is 0 Å². The lowest BCUT2D eigenvalue weighted by atomic mass is 9.99. The number of carbonyl (C=O) groups excluding carboxylic acids is 3. The zero-order valence-electron chi connectivity index (χ0n) is 25.6. The molecule has 0 heterocycles. The maximum Gasteiger partial charge on any atom is 0.408 e. The van der Waals surface area contributed by atoms with Gasteiger partial charge in [-0.25, -0.2) is 4.79 Å². The number of benzene rings is 2. The molecule has 0 bridgehead atoms. The third-order valence-electron chi connectivity index (χ3n) is 6.59. The molecule has 3 N–H and O–H groups in total. The van der Waals surface area contributed by atoms with E-state index in [1.807, 2.05) is 0 Å². The number of nitrogens with one attached hydrogen (secondary N) is 2. The van der Waals surface area contributed by atoms with Gasteiger partial charge in [0.25, 0.3) is 5.91 Å². The molecule has 0 fully saturated rings. The van der Waals surface area contributed by atoms with E-state index >= 15 is 0 Å². The molecule has 9 heteroatoms. The lowest BCUT2D eigenvalue weighted by Gasteiger charge is -2.34. The quantitative estimate of drug-likeness (QED) is 0.224. The van der Waals surface area contributed by atoms with E-state index < -0.39 is 35.6 Å². The van der Waals surface area contributed by atoms with Crippen LogP contribution in [0.2, 0.25) is 0 Å². The van der Waals surface area contributed by atoms with Crippen molar-refractivity contribution in [2.75, 3.05) is 19.0 Å². The number of phenols is 1. The average Bonchev–Trinajstić information content (AvgIpc) is 2.90. The van der Waals surface area contributed by atoms with Crippen LogP contribution in [0.1, 0.15) is 90.3 Å². The Balaban J connectivity index is 2.43. The molecule has 2 atom stereocenters. The van der Waals surface area contributed by atoms with Crippen LogP contribution in [-0.2, 0) is 14.3 Å². The Kier molecular flexibility index (Phi) is 13.0. The topological polar surface area (TPSA) is 117 Å². The molecule has 2 rings (SSSR count). The molecule has 2 aromatic carbocycles. The first-order chi connectivity index (χ1) is 19.4. The van der Waals surface area contributed by atoms with Gasteiger partial charge in [0.1, 0.15) is 29.2 Å². The second-order valence-corrected chi connectivity index (χ2v) is 11.3. The number of carbonyl (C=O) groups is 3. The summed E-state index contributed by atoms with van der Waals surface area (Å²) in [4.78, 5) is 41.8. The minimum atomic E-state index is -1.01. The SMILES string of the molecule is CCCCCCCCN(C(=O)C(C)NC(=O)OC(C)(C)C)C(C(=O)Nc1ccc(OC)cc1)c1ccc(O)c(C)c1.